The van der Waals surface area contributed by atoms with E-state index in [0.29, 0.717) is 22.3 Å². The molecule has 6 heteroatoms. The van der Waals surface area contributed by atoms with Crippen LogP contribution in [0.3, 0.4) is 0 Å². The van der Waals surface area contributed by atoms with Crippen molar-refractivity contribution in [3.05, 3.63) is 69.0 Å². The first kappa shape index (κ1) is 18.1. The fourth-order valence-electron chi connectivity index (χ4n) is 2.43. The molecule has 0 N–H and O–H groups in total. The molecule has 0 spiro atoms. The Bertz CT molecular complexity index is 879. The molecule has 0 unspecified atom stereocenters. The van der Waals surface area contributed by atoms with E-state index in [4.69, 9.17) is 11.6 Å². The van der Waals surface area contributed by atoms with Gasteiger partial charge in [-0.3, -0.25) is 9.69 Å². The number of aromatic nitrogens is 1. The Hall–Kier alpha value is -1.69. The van der Waals surface area contributed by atoms with Crippen molar-refractivity contribution in [3.63, 3.8) is 0 Å². The van der Waals surface area contributed by atoms with Crippen LogP contribution in [0.4, 0.5) is 5.13 Å². The summed E-state index contributed by atoms with van der Waals surface area (Å²) in [6.07, 6.45) is 0.837. The number of halogens is 2. The molecule has 0 fully saturated rings. The molecule has 1 aromatic heterocycles. The minimum atomic E-state index is -0.121. The van der Waals surface area contributed by atoms with Crippen LogP contribution in [0.2, 0.25) is 5.02 Å². The second-order valence-electron chi connectivity index (χ2n) is 5.46. The van der Waals surface area contributed by atoms with E-state index >= 15 is 0 Å². The summed E-state index contributed by atoms with van der Waals surface area (Å²) in [7, 11) is 0. The number of anilines is 1. The maximum absolute atomic E-state index is 12.9. The largest absolute Gasteiger partial charge is 0.284 e. The molecule has 0 saturated heterocycles. The van der Waals surface area contributed by atoms with Gasteiger partial charge in [0, 0.05) is 22.0 Å². The van der Waals surface area contributed by atoms with Gasteiger partial charge in [0.1, 0.15) is 0 Å². The molecule has 2 aromatic carbocycles. The molecule has 1 amide bonds. The molecule has 0 radical (unpaired) electrons. The van der Waals surface area contributed by atoms with Gasteiger partial charge in [0.25, 0.3) is 5.91 Å². The minimum Gasteiger partial charge on any atom is -0.284 e. The van der Waals surface area contributed by atoms with Gasteiger partial charge in [-0.25, -0.2) is 4.98 Å². The van der Waals surface area contributed by atoms with Crippen molar-refractivity contribution in [2.45, 2.75) is 13.3 Å². The van der Waals surface area contributed by atoms with E-state index in [1.807, 2.05) is 48.7 Å². The second kappa shape index (κ2) is 8.13. The number of carbonyl (C=O) groups is 1. The summed E-state index contributed by atoms with van der Waals surface area (Å²) in [6, 6.07) is 15.1. The summed E-state index contributed by atoms with van der Waals surface area (Å²) in [4.78, 5) is 19.3. The van der Waals surface area contributed by atoms with Gasteiger partial charge in [0.05, 0.1) is 16.3 Å². The van der Waals surface area contributed by atoms with E-state index in [9.17, 15) is 4.79 Å². The lowest BCUT2D eigenvalue weighted by molar-refractivity contribution is 0.0987. The maximum Gasteiger partial charge on any atom is 0.261 e. The lowest BCUT2D eigenvalue weighted by atomic mass is 10.2. The van der Waals surface area contributed by atoms with Crippen molar-refractivity contribution >= 4 is 49.9 Å². The zero-order chi connectivity index (χ0) is 17.8. The molecule has 3 nitrogen and oxygen atoms in total. The first-order valence-electron chi connectivity index (χ1n) is 7.88. The number of hydrogen-bond donors (Lipinski definition) is 0. The zero-order valence-corrected chi connectivity index (χ0v) is 16.7. The Balaban J connectivity index is 1.92. The molecule has 25 heavy (non-hydrogen) atoms. The lowest BCUT2D eigenvalue weighted by Gasteiger charge is -2.19. The summed E-state index contributed by atoms with van der Waals surface area (Å²) >= 11 is 11.1. The Morgan fingerprint density at radius 3 is 2.60 bits per heavy atom. The average molecular weight is 436 g/mol. The predicted molar refractivity (Wildman–Crippen MR) is 109 cm³/mol. The van der Waals surface area contributed by atoms with E-state index in [-0.39, 0.29) is 5.91 Å². The van der Waals surface area contributed by atoms with Crippen LogP contribution in [0, 0.1) is 0 Å². The standard InChI is InChI=1S/C19H16BrClN2OS/c1-2-11-23(18(24)15-5-3-4-6-16(15)21)19-22-17(12-25-19)13-7-9-14(20)10-8-13/h3-10,12H,2,11H2,1H3. The summed E-state index contributed by atoms with van der Waals surface area (Å²) in [5.74, 6) is -0.121. The first-order valence-corrected chi connectivity index (χ1v) is 9.93. The lowest BCUT2D eigenvalue weighted by Crippen LogP contribution is -2.31. The van der Waals surface area contributed by atoms with Crippen LogP contribution < -0.4 is 4.90 Å². The molecule has 0 bridgehead atoms. The Kier molecular flexibility index (Phi) is 5.89. The van der Waals surface area contributed by atoms with Crippen molar-refractivity contribution < 1.29 is 4.79 Å². The van der Waals surface area contributed by atoms with Gasteiger partial charge in [0.15, 0.2) is 5.13 Å². The van der Waals surface area contributed by atoms with Crippen LogP contribution in [0.15, 0.2) is 58.4 Å². The molecular weight excluding hydrogens is 420 g/mol. The molecule has 0 saturated carbocycles. The van der Waals surface area contributed by atoms with Gasteiger partial charge in [-0.1, -0.05) is 58.7 Å². The van der Waals surface area contributed by atoms with Gasteiger partial charge in [0.2, 0.25) is 0 Å². The van der Waals surface area contributed by atoms with Crippen molar-refractivity contribution in [3.8, 4) is 11.3 Å². The summed E-state index contributed by atoms with van der Waals surface area (Å²) < 4.78 is 1.02. The molecule has 1 heterocycles. The summed E-state index contributed by atoms with van der Waals surface area (Å²) in [6.45, 7) is 2.63. The molecule has 0 aliphatic heterocycles. The minimum absolute atomic E-state index is 0.121. The number of carbonyl (C=O) groups excluding carboxylic acids is 1. The zero-order valence-electron chi connectivity index (χ0n) is 13.6. The van der Waals surface area contributed by atoms with E-state index in [1.54, 1.807) is 17.0 Å². The van der Waals surface area contributed by atoms with Crippen LogP contribution in [0.1, 0.15) is 23.7 Å². The Morgan fingerprint density at radius 2 is 1.92 bits per heavy atom. The van der Waals surface area contributed by atoms with Crippen LogP contribution in [0.25, 0.3) is 11.3 Å². The molecule has 3 aromatic rings. The van der Waals surface area contributed by atoms with Crippen molar-refractivity contribution in [2.24, 2.45) is 0 Å². The number of thiazole rings is 1. The molecule has 0 aliphatic rings. The second-order valence-corrected chi connectivity index (χ2v) is 7.62. The number of nitrogens with zero attached hydrogens (tertiary/aromatic N) is 2. The van der Waals surface area contributed by atoms with Crippen molar-refractivity contribution in [2.75, 3.05) is 11.4 Å². The van der Waals surface area contributed by atoms with Crippen LogP contribution in [0.5, 0.6) is 0 Å². The molecule has 0 atom stereocenters. The smallest absolute Gasteiger partial charge is 0.261 e. The molecular formula is C19H16BrClN2OS. The van der Waals surface area contributed by atoms with Gasteiger partial charge >= 0.3 is 0 Å². The quantitative estimate of drug-likeness (QED) is 0.472. The van der Waals surface area contributed by atoms with Crippen molar-refractivity contribution in [1.29, 1.82) is 0 Å². The monoisotopic (exact) mass is 434 g/mol. The third kappa shape index (κ3) is 4.11. The van der Waals surface area contributed by atoms with E-state index in [2.05, 4.69) is 20.9 Å². The third-order valence-corrected chi connectivity index (χ3v) is 5.38. The highest BCUT2D eigenvalue weighted by atomic mass is 79.9. The fraction of sp³-hybridized carbons (Fsp3) is 0.158. The number of amides is 1. The Labute approximate surface area is 164 Å². The van der Waals surface area contributed by atoms with Crippen molar-refractivity contribution in [1.82, 2.24) is 4.98 Å². The first-order chi connectivity index (χ1) is 12.1. The third-order valence-electron chi connectivity index (χ3n) is 3.66. The molecule has 0 aliphatic carbocycles. The van der Waals surface area contributed by atoms with Crippen LogP contribution in [-0.4, -0.2) is 17.4 Å². The SMILES string of the molecule is CCCN(C(=O)c1ccccc1Cl)c1nc(-c2ccc(Br)cc2)cs1. The van der Waals surface area contributed by atoms with E-state index in [1.165, 1.54) is 11.3 Å². The van der Waals surface area contributed by atoms with Crippen LogP contribution in [-0.2, 0) is 0 Å². The van der Waals surface area contributed by atoms with E-state index < -0.39 is 0 Å². The van der Waals surface area contributed by atoms with E-state index in [0.717, 1.165) is 22.2 Å². The predicted octanol–water partition coefficient (Wildman–Crippen LogP) is 6.28. The van der Waals surface area contributed by atoms with Gasteiger partial charge in [-0.05, 0) is 30.7 Å². The van der Waals surface area contributed by atoms with Gasteiger partial charge in [-0.2, -0.15) is 0 Å². The topological polar surface area (TPSA) is 33.2 Å². The van der Waals surface area contributed by atoms with Gasteiger partial charge in [-0.15, -0.1) is 11.3 Å². The van der Waals surface area contributed by atoms with Gasteiger partial charge < -0.3 is 0 Å². The number of rotatable bonds is 5. The molecule has 3 rings (SSSR count). The van der Waals surface area contributed by atoms with Crippen LogP contribution >= 0.6 is 38.9 Å². The highest BCUT2D eigenvalue weighted by Gasteiger charge is 2.22. The normalized spacial score (nSPS) is 10.7. The highest BCUT2D eigenvalue weighted by Crippen LogP contribution is 2.30. The maximum atomic E-state index is 12.9. The number of benzene rings is 2. The fourth-order valence-corrected chi connectivity index (χ4v) is 3.77. The number of hydrogen-bond acceptors (Lipinski definition) is 3. The Morgan fingerprint density at radius 1 is 1.20 bits per heavy atom. The molecule has 128 valence electrons. The summed E-state index contributed by atoms with van der Waals surface area (Å²) in [5.41, 5.74) is 2.38. The average Bonchev–Trinajstić information content (AvgIpc) is 3.10. The summed E-state index contributed by atoms with van der Waals surface area (Å²) in [5, 5.41) is 3.11. The highest BCUT2D eigenvalue weighted by molar-refractivity contribution is 9.10.